The smallest absolute Gasteiger partial charge is 0.341 e. The Morgan fingerprint density at radius 2 is 1.91 bits per heavy atom. The largest absolute Gasteiger partial charge is 0.477 e. The molecule has 0 radical (unpaired) electrons. The molecule has 0 saturated carbocycles. The highest BCUT2D eigenvalue weighted by Crippen LogP contribution is 2.30. The van der Waals surface area contributed by atoms with Crippen LogP contribution in [0.5, 0.6) is 0 Å². The van der Waals surface area contributed by atoms with Crippen molar-refractivity contribution in [2.75, 3.05) is 11.5 Å². The molecule has 0 fully saturated rings. The number of hydrogen-bond acceptors (Lipinski definition) is 4. The summed E-state index contributed by atoms with van der Waals surface area (Å²) in [5.41, 5.74) is 7.51. The van der Waals surface area contributed by atoms with Gasteiger partial charge in [-0.05, 0) is 6.42 Å². The van der Waals surface area contributed by atoms with Crippen LogP contribution in [0.25, 0.3) is 10.9 Å². The third-order valence-corrected chi connectivity index (χ3v) is 3.45. The molecule has 0 aliphatic rings. The third kappa shape index (κ3) is 2.26. The van der Waals surface area contributed by atoms with Gasteiger partial charge >= 0.3 is 5.97 Å². The number of unbranched alkanes of at least 4 members (excludes halogenated alkanes) is 1. The van der Waals surface area contributed by atoms with Crippen molar-refractivity contribution in [1.82, 2.24) is 4.57 Å². The summed E-state index contributed by atoms with van der Waals surface area (Å²) >= 11 is 0. The Balaban J connectivity index is 3.02. The number of nitrogens with two attached hydrogens (primary N) is 2. The van der Waals surface area contributed by atoms with E-state index < -0.39 is 45.4 Å². The number of pyridine rings is 1. The first-order valence-electron chi connectivity index (χ1n) is 6.63. The van der Waals surface area contributed by atoms with Crippen LogP contribution in [0, 0.1) is 11.6 Å². The lowest BCUT2D eigenvalue weighted by atomic mass is 10.1. The Morgan fingerprint density at radius 1 is 1.27 bits per heavy atom. The fourth-order valence-electron chi connectivity index (χ4n) is 2.29. The lowest BCUT2D eigenvalue weighted by molar-refractivity contribution is 0.0694. The highest BCUT2D eigenvalue weighted by atomic mass is 19.1. The van der Waals surface area contributed by atoms with Crippen LogP contribution in [0.3, 0.4) is 0 Å². The number of carbonyl (C=O) groups is 1. The first kappa shape index (κ1) is 15.7. The van der Waals surface area contributed by atoms with Crippen molar-refractivity contribution < 1.29 is 18.7 Å². The minimum atomic E-state index is -1.49. The number of halogens is 2. The van der Waals surface area contributed by atoms with E-state index in [-0.39, 0.29) is 12.1 Å². The molecule has 1 aromatic carbocycles. The summed E-state index contributed by atoms with van der Waals surface area (Å²) in [5.74, 6) is -3.87. The highest BCUT2D eigenvalue weighted by molar-refractivity contribution is 5.99. The molecular weight excluding hydrogens is 296 g/mol. The van der Waals surface area contributed by atoms with Crippen molar-refractivity contribution in [3.05, 3.63) is 33.6 Å². The average molecular weight is 311 g/mol. The van der Waals surface area contributed by atoms with Crippen molar-refractivity contribution >= 4 is 28.2 Å². The fraction of sp³-hybridized carbons (Fsp3) is 0.286. The number of nitrogen functional groups attached to an aromatic ring is 2. The summed E-state index contributed by atoms with van der Waals surface area (Å²) in [6.45, 7) is 2.14. The predicted octanol–water partition coefficient (Wildman–Crippen LogP) is 1.94. The van der Waals surface area contributed by atoms with E-state index >= 15 is 0 Å². The summed E-state index contributed by atoms with van der Waals surface area (Å²) in [6.07, 6.45) is 2.39. The van der Waals surface area contributed by atoms with Gasteiger partial charge in [0.2, 0.25) is 5.43 Å². The molecule has 0 spiro atoms. The molecule has 5 N–H and O–H groups in total. The quantitative estimate of drug-likeness (QED) is 0.747. The van der Waals surface area contributed by atoms with E-state index in [9.17, 15) is 18.4 Å². The zero-order valence-corrected chi connectivity index (χ0v) is 11.8. The van der Waals surface area contributed by atoms with Crippen molar-refractivity contribution in [2.45, 2.75) is 26.3 Å². The normalized spacial score (nSPS) is 11.0. The van der Waals surface area contributed by atoms with Gasteiger partial charge < -0.3 is 21.1 Å². The van der Waals surface area contributed by atoms with Crippen LogP contribution in [0.4, 0.5) is 20.2 Å². The summed E-state index contributed by atoms with van der Waals surface area (Å²) in [5, 5.41) is 8.59. The van der Waals surface area contributed by atoms with Crippen molar-refractivity contribution in [2.24, 2.45) is 0 Å². The Kier molecular flexibility index (Phi) is 4.03. The van der Waals surface area contributed by atoms with Crippen LogP contribution >= 0.6 is 0 Å². The van der Waals surface area contributed by atoms with Gasteiger partial charge in [-0.15, -0.1) is 0 Å². The number of benzene rings is 1. The van der Waals surface area contributed by atoms with Crippen molar-refractivity contribution in [3.8, 4) is 0 Å². The van der Waals surface area contributed by atoms with Crippen LogP contribution in [-0.4, -0.2) is 15.6 Å². The van der Waals surface area contributed by atoms with Gasteiger partial charge in [0, 0.05) is 12.7 Å². The molecule has 22 heavy (non-hydrogen) atoms. The number of anilines is 2. The number of aromatic nitrogens is 1. The van der Waals surface area contributed by atoms with Gasteiger partial charge in [0.15, 0.2) is 11.6 Å². The minimum Gasteiger partial charge on any atom is -0.477 e. The first-order valence-corrected chi connectivity index (χ1v) is 6.63. The number of nitrogens with zero attached hydrogens (tertiary/aromatic N) is 1. The standard InChI is InChI=1S/C14H15F2N3O3/c1-2-3-4-19-5-6(14(21)22)13(20)7-10(17)8(15)11(18)9(16)12(7)19/h5H,2-4,17-18H2,1H3,(H,21,22). The maximum Gasteiger partial charge on any atom is 0.341 e. The molecule has 0 saturated heterocycles. The van der Waals surface area contributed by atoms with Crippen LogP contribution in [0.2, 0.25) is 0 Å². The summed E-state index contributed by atoms with van der Waals surface area (Å²) in [6, 6.07) is 0. The van der Waals surface area contributed by atoms with Crippen molar-refractivity contribution in [3.63, 3.8) is 0 Å². The number of aromatic carboxylic acids is 1. The highest BCUT2D eigenvalue weighted by Gasteiger charge is 2.24. The molecule has 0 aliphatic heterocycles. The first-order chi connectivity index (χ1) is 10.3. The van der Waals surface area contributed by atoms with Gasteiger partial charge in [-0.3, -0.25) is 4.79 Å². The second-order valence-electron chi connectivity index (χ2n) is 4.90. The SMILES string of the molecule is CCCCn1cc(C(=O)O)c(=O)c2c(N)c(F)c(N)c(F)c21. The van der Waals surface area contributed by atoms with E-state index in [1.807, 2.05) is 6.92 Å². The maximum atomic E-state index is 14.3. The number of carboxylic acid groups (broad SMARTS) is 1. The lowest BCUT2D eigenvalue weighted by Crippen LogP contribution is -2.22. The lowest BCUT2D eigenvalue weighted by Gasteiger charge is -2.15. The van der Waals surface area contributed by atoms with Gasteiger partial charge in [0.1, 0.15) is 11.3 Å². The zero-order valence-electron chi connectivity index (χ0n) is 11.8. The number of rotatable bonds is 4. The molecule has 6 nitrogen and oxygen atoms in total. The van der Waals surface area contributed by atoms with Crippen LogP contribution in [0.1, 0.15) is 30.1 Å². The number of fused-ring (bicyclic) bond motifs is 1. The van der Waals surface area contributed by atoms with Crippen LogP contribution in [-0.2, 0) is 6.54 Å². The molecule has 2 aromatic rings. The Labute approximate surface area is 123 Å². The average Bonchev–Trinajstić information content (AvgIpc) is 2.48. The predicted molar refractivity (Wildman–Crippen MR) is 78.8 cm³/mol. The molecule has 118 valence electrons. The number of hydrogen-bond donors (Lipinski definition) is 3. The number of carboxylic acids is 1. The van der Waals surface area contributed by atoms with Gasteiger partial charge in [-0.25, -0.2) is 13.6 Å². The molecule has 0 atom stereocenters. The molecule has 1 aromatic heterocycles. The second kappa shape index (κ2) is 5.63. The molecule has 2 rings (SSSR count). The fourth-order valence-corrected chi connectivity index (χ4v) is 2.29. The van der Waals surface area contributed by atoms with E-state index in [0.29, 0.717) is 6.42 Å². The topological polar surface area (TPSA) is 111 Å². The molecule has 0 unspecified atom stereocenters. The van der Waals surface area contributed by atoms with Gasteiger partial charge in [-0.1, -0.05) is 13.3 Å². The maximum absolute atomic E-state index is 14.3. The van der Waals surface area contributed by atoms with Gasteiger partial charge in [0.25, 0.3) is 0 Å². The van der Waals surface area contributed by atoms with E-state index in [2.05, 4.69) is 0 Å². The van der Waals surface area contributed by atoms with Crippen molar-refractivity contribution in [1.29, 1.82) is 0 Å². The van der Waals surface area contributed by atoms with E-state index in [4.69, 9.17) is 16.6 Å². The Bertz CT molecular complexity index is 831. The molecule has 0 aliphatic carbocycles. The van der Waals surface area contributed by atoms with Crippen LogP contribution < -0.4 is 16.9 Å². The summed E-state index contributed by atoms with van der Waals surface area (Å²) < 4.78 is 29.4. The van der Waals surface area contributed by atoms with E-state index in [1.54, 1.807) is 0 Å². The second-order valence-corrected chi connectivity index (χ2v) is 4.90. The molecular formula is C14H15F2N3O3. The van der Waals surface area contributed by atoms with Gasteiger partial charge in [-0.2, -0.15) is 0 Å². The summed E-state index contributed by atoms with van der Waals surface area (Å²) in [4.78, 5) is 23.4. The monoisotopic (exact) mass is 311 g/mol. The molecule has 1 heterocycles. The minimum absolute atomic E-state index is 0.245. The van der Waals surface area contributed by atoms with Crippen LogP contribution in [0.15, 0.2) is 11.0 Å². The van der Waals surface area contributed by atoms with E-state index in [1.165, 1.54) is 4.57 Å². The Hall–Kier alpha value is -2.64. The zero-order chi connectivity index (χ0) is 16.6. The number of aryl methyl sites for hydroxylation is 1. The molecule has 0 amide bonds. The molecule has 8 heteroatoms. The Morgan fingerprint density at radius 3 is 2.45 bits per heavy atom. The van der Waals surface area contributed by atoms with Gasteiger partial charge in [0.05, 0.1) is 16.6 Å². The van der Waals surface area contributed by atoms with E-state index in [0.717, 1.165) is 12.6 Å². The third-order valence-electron chi connectivity index (χ3n) is 3.45. The summed E-state index contributed by atoms with van der Waals surface area (Å²) in [7, 11) is 0. The molecule has 0 bridgehead atoms.